The van der Waals surface area contributed by atoms with Gasteiger partial charge < -0.3 is 0 Å². The van der Waals surface area contributed by atoms with Gasteiger partial charge in [-0.15, -0.1) is 21.5 Å². The van der Waals surface area contributed by atoms with Gasteiger partial charge in [0.05, 0.1) is 8.66 Å². The minimum atomic E-state index is -0.155. The molecule has 0 fully saturated rings. The van der Waals surface area contributed by atoms with Crippen molar-refractivity contribution in [1.29, 1.82) is 0 Å². The van der Waals surface area contributed by atoms with Gasteiger partial charge in [0.1, 0.15) is 5.01 Å². The summed E-state index contributed by atoms with van der Waals surface area (Å²) in [7, 11) is 0. The molecule has 4 nitrogen and oxygen atoms in total. The monoisotopic (exact) mass is 437 g/mol. The lowest BCUT2D eigenvalue weighted by Crippen LogP contribution is -2.09. The zero-order valence-corrected chi connectivity index (χ0v) is 15.6. The first-order valence-corrected chi connectivity index (χ1v) is 9.40. The molecule has 0 bridgehead atoms. The van der Waals surface area contributed by atoms with Gasteiger partial charge in [0.25, 0.3) is 5.91 Å². The Hall–Kier alpha value is -0.310. The summed E-state index contributed by atoms with van der Waals surface area (Å²) < 4.78 is 1.78. The lowest BCUT2D eigenvalue weighted by atomic mass is 10.2. The number of carbonyl (C=O) groups excluding carboxylic acids is 1. The van der Waals surface area contributed by atoms with Crippen LogP contribution in [0.4, 0.5) is 5.13 Å². The summed E-state index contributed by atoms with van der Waals surface area (Å²) in [5.41, 5.74) is 0. The van der Waals surface area contributed by atoms with E-state index in [0.29, 0.717) is 10.0 Å². The van der Waals surface area contributed by atoms with Crippen molar-refractivity contribution in [3.8, 4) is 0 Å². The number of carbonyl (C=O) groups is 1. The molecule has 1 N–H and O–H groups in total. The van der Waals surface area contributed by atoms with E-state index in [1.54, 1.807) is 6.07 Å². The van der Waals surface area contributed by atoms with Crippen LogP contribution in [0.5, 0.6) is 0 Å². The molecule has 0 aliphatic rings. The van der Waals surface area contributed by atoms with E-state index >= 15 is 0 Å². The molecule has 0 saturated carbocycles. The number of amides is 1. The molecular weight excluding hydrogens is 426 g/mol. The molecule has 20 heavy (non-hydrogen) atoms. The van der Waals surface area contributed by atoms with Crippen LogP contribution in [0.15, 0.2) is 14.3 Å². The van der Waals surface area contributed by atoms with Gasteiger partial charge in [0, 0.05) is 10.9 Å². The normalized spacial score (nSPS) is 10.8. The zero-order valence-electron chi connectivity index (χ0n) is 10.8. The number of halogens is 2. The fraction of sp³-hybridized carbons (Fsp3) is 0.417. The summed E-state index contributed by atoms with van der Waals surface area (Å²) in [5, 5.41) is 12.4. The van der Waals surface area contributed by atoms with Crippen molar-refractivity contribution in [1.82, 2.24) is 10.2 Å². The quantitative estimate of drug-likeness (QED) is 0.637. The van der Waals surface area contributed by atoms with Crippen LogP contribution in [-0.2, 0) is 6.42 Å². The van der Waals surface area contributed by atoms with Crippen molar-refractivity contribution >= 4 is 65.6 Å². The highest BCUT2D eigenvalue weighted by Crippen LogP contribution is 2.32. The number of aryl methyl sites for hydroxylation is 1. The summed E-state index contributed by atoms with van der Waals surface area (Å²) >= 11 is 9.57. The van der Waals surface area contributed by atoms with E-state index in [-0.39, 0.29) is 5.91 Å². The number of hydrogen-bond donors (Lipinski definition) is 1. The van der Waals surface area contributed by atoms with Crippen LogP contribution in [0.2, 0.25) is 0 Å². The molecule has 2 aromatic rings. The van der Waals surface area contributed by atoms with Crippen LogP contribution in [0, 0.1) is 0 Å². The molecule has 2 rings (SSSR count). The number of anilines is 1. The number of aromatic nitrogens is 2. The average molecular weight is 439 g/mol. The minimum Gasteiger partial charge on any atom is -0.296 e. The molecule has 0 unspecified atom stereocenters. The van der Waals surface area contributed by atoms with Crippen LogP contribution in [0.3, 0.4) is 0 Å². The second-order valence-corrected chi connectivity index (χ2v) is 8.43. The van der Waals surface area contributed by atoms with E-state index in [4.69, 9.17) is 0 Å². The first-order chi connectivity index (χ1) is 9.60. The predicted octanol–water partition coefficient (Wildman–Crippen LogP) is 5.11. The number of nitrogens with zero attached hydrogens (tertiary/aromatic N) is 2. The standard InChI is InChI=1S/C12H13Br2N3OS2/c1-2-3-4-5-9-16-17-12(20-9)15-11(18)8-6-7(13)10(14)19-8/h6H,2-5H2,1H3,(H,15,17,18). The van der Waals surface area contributed by atoms with Crippen molar-refractivity contribution in [3.05, 3.63) is 24.2 Å². The highest BCUT2D eigenvalue weighted by Gasteiger charge is 2.14. The molecule has 0 aliphatic carbocycles. The first kappa shape index (κ1) is 16.1. The summed E-state index contributed by atoms with van der Waals surface area (Å²) in [4.78, 5) is 12.7. The van der Waals surface area contributed by atoms with Gasteiger partial charge in [-0.1, -0.05) is 31.1 Å². The Kier molecular flexibility index (Phi) is 6.13. The molecule has 0 aliphatic heterocycles. The summed E-state index contributed by atoms with van der Waals surface area (Å²) in [6, 6.07) is 1.78. The van der Waals surface area contributed by atoms with Crippen molar-refractivity contribution in [3.63, 3.8) is 0 Å². The van der Waals surface area contributed by atoms with E-state index in [1.165, 1.54) is 35.5 Å². The molecule has 1 amide bonds. The summed E-state index contributed by atoms with van der Waals surface area (Å²) in [5.74, 6) is -0.155. The maximum absolute atomic E-state index is 12.0. The fourth-order valence-corrected chi connectivity index (χ4v) is 4.26. The number of unbranched alkanes of at least 4 members (excludes halogenated alkanes) is 2. The molecule has 0 spiro atoms. The second-order valence-electron chi connectivity index (χ2n) is 4.14. The van der Waals surface area contributed by atoms with Gasteiger partial charge >= 0.3 is 0 Å². The summed E-state index contributed by atoms with van der Waals surface area (Å²) in [6.07, 6.45) is 4.42. The van der Waals surface area contributed by atoms with E-state index in [1.807, 2.05) is 0 Å². The smallest absolute Gasteiger partial charge is 0.267 e. The molecular formula is C12H13Br2N3OS2. The molecule has 0 aromatic carbocycles. The molecule has 108 valence electrons. The number of hydrogen-bond acceptors (Lipinski definition) is 5. The van der Waals surface area contributed by atoms with Crippen molar-refractivity contribution < 1.29 is 4.79 Å². The predicted molar refractivity (Wildman–Crippen MR) is 90.8 cm³/mol. The number of rotatable bonds is 6. The third kappa shape index (κ3) is 4.34. The van der Waals surface area contributed by atoms with Gasteiger partial charge in [-0.2, -0.15) is 0 Å². The zero-order chi connectivity index (χ0) is 14.5. The Labute approximate surface area is 142 Å². The largest absolute Gasteiger partial charge is 0.296 e. The number of thiophene rings is 1. The van der Waals surface area contributed by atoms with Crippen LogP contribution in [0.1, 0.15) is 40.9 Å². The topological polar surface area (TPSA) is 54.9 Å². The van der Waals surface area contributed by atoms with E-state index in [2.05, 4.69) is 54.3 Å². The molecule has 0 atom stereocenters. The Balaban J connectivity index is 1.94. The molecule has 0 saturated heterocycles. The first-order valence-electron chi connectivity index (χ1n) is 6.18. The average Bonchev–Trinajstić information content (AvgIpc) is 2.98. The van der Waals surface area contributed by atoms with E-state index in [9.17, 15) is 4.79 Å². The minimum absolute atomic E-state index is 0.155. The Bertz CT molecular complexity index is 578. The number of nitrogens with one attached hydrogen (secondary N) is 1. The Morgan fingerprint density at radius 3 is 2.75 bits per heavy atom. The maximum Gasteiger partial charge on any atom is 0.267 e. The van der Waals surface area contributed by atoms with Crippen molar-refractivity contribution in [2.24, 2.45) is 0 Å². The van der Waals surface area contributed by atoms with Crippen LogP contribution in [-0.4, -0.2) is 16.1 Å². The van der Waals surface area contributed by atoms with Gasteiger partial charge in [-0.05, 0) is 44.3 Å². The fourth-order valence-electron chi connectivity index (χ4n) is 1.55. The lowest BCUT2D eigenvalue weighted by molar-refractivity contribution is 0.103. The highest BCUT2D eigenvalue weighted by molar-refractivity contribution is 9.13. The second kappa shape index (κ2) is 7.63. The van der Waals surface area contributed by atoms with Crippen molar-refractivity contribution in [2.75, 3.05) is 5.32 Å². The molecule has 0 radical (unpaired) electrons. The third-order valence-corrected chi connectivity index (χ3v) is 6.70. The van der Waals surface area contributed by atoms with Gasteiger partial charge in [-0.3, -0.25) is 10.1 Å². The maximum atomic E-state index is 12.0. The Morgan fingerprint density at radius 2 is 2.10 bits per heavy atom. The molecule has 2 aromatic heterocycles. The Morgan fingerprint density at radius 1 is 1.30 bits per heavy atom. The summed E-state index contributed by atoms with van der Waals surface area (Å²) in [6.45, 7) is 2.17. The lowest BCUT2D eigenvalue weighted by Gasteiger charge is -1.96. The van der Waals surface area contributed by atoms with Gasteiger partial charge in [0.2, 0.25) is 5.13 Å². The van der Waals surface area contributed by atoms with Crippen LogP contribution in [0.25, 0.3) is 0 Å². The molecule has 2 heterocycles. The van der Waals surface area contributed by atoms with Crippen molar-refractivity contribution in [2.45, 2.75) is 32.6 Å². The van der Waals surface area contributed by atoms with E-state index < -0.39 is 0 Å². The van der Waals surface area contributed by atoms with Gasteiger partial charge in [-0.25, -0.2) is 0 Å². The van der Waals surface area contributed by atoms with Crippen LogP contribution < -0.4 is 5.32 Å². The highest BCUT2D eigenvalue weighted by atomic mass is 79.9. The van der Waals surface area contributed by atoms with E-state index in [0.717, 1.165) is 26.1 Å². The SMILES string of the molecule is CCCCCc1nnc(NC(=O)c2cc(Br)c(Br)s2)s1. The van der Waals surface area contributed by atoms with Crippen LogP contribution >= 0.6 is 54.5 Å². The molecule has 8 heteroatoms. The third-order valence-electron chi connectivity index (χ3n) is 2.55. The van der Waals surface area contributed by atoms with Gasteiger partial charge in [0.15, 0.2) is 0 Å².